The third-order valence-corrected chi connectivity index (χ3v) is 3.90. The number of nitrogens with zero attached hydrogens (tertiary/aromatic N) is 1. The van der Waals surface area contributed by atoms with Gasteiger partial charge in [0.05, 0.1) is 10.2 Å². The summed E-state index contributed by atoms with van der Waals surface area (Å²) in [6, 6.07) is 13.2. The maximum absolute atomic E-state index is 10.8. The van der Waals surface area contributed by atoms with E-state index in [0.29, 0.717) is 10.6 Å². The molecule has 0 saturated heterocycles. The van der Waals surface area contributed by atoms with Crippen molar-refractivity contribution in [3.05, 3.63) is 53.1 Å². The van der Waals surface area contributed by atoms with Crippen molar-refractivity contribution in [3.63, 3.8) is 0 Å². The Morgan fingerprint density at radius 3 is 2.78 bits per heavy atom. The molecule has 18 heavy (non-hydrogen) atoms. The zero-order valence-corrected chi connectivity index (χ0v) is 10.8. The van der Waals surface area contributed by atoms with Crippen LogP contribution in [0, 0.1) is 0 Å². The third-order valence-electron chi connectivity index (χ3n) is 2.60. The molecule has 0 bridgehead atoms. The quantitative estimate of drug-likeness (QED) is 0.647. The van der Waals surface area contributed by atoms with Gasteiger partial charge < -0.3 is 0 Å². The van der Waals surface area contributed by atoms with Gasteiger partial charge in [-0.05, 0) is 30.3 Å². The van der Waals surface area contributed by atoms with Gasteiger partial charge in [-0.15, -0.1) is 11.3 Å². The van der Waals surface area contributed by atoms with Gasteiger partial charge in [-0.1, -0.05) is 23.7 Å². The van der Waals surface area contributed by atoms with Gasteiger partial charge in [-0.25, -0.2) is 4.98 Å². The molecular weight excluding hydrogens is 266 g/mol. The van der Waals surface area contributed by atoms with Crippen LogP contribution in [0.2, 0.25) is 5.02 Å². The number of aromatic nitrogens is 1. The standard InChI is InChI=1S/C14H8ClNOS/c15-11-6-9(8-17)5-10(7-11)14-16-12-3-1-2-4-13(12)18-14/h1-8H. The smallest absolute Gasteiger partial charge is 0.150 e. The first-order valence-electron chi connectivity index (χ1n) is 5.38. The number of carbonyl (C=O) groups is 1. The lowest BCUT2D eigenvalue weighted by Gasteiger charge is -1.99. The van der Waals surface area contributed by atoms with E-state index in [4.69, 9.17) is 11.6 Å². The Kier molecular flexibility index (Phi) is 2.86. The fraction of sp³-hybridized carbons (Fsp3) is 0. The number of rotatable bonds is 2. The molecule has 2 nitrogen and oxygen atoms in total. The number of hydrogen-bond acceptors (Lipinski definition) is 3. The van der Waals surface area contributed by atoms with Crippen molar-refractivity contribution in [3.8, 4) is 10.6 Å². The first-order chi connectivity index (χ1) is 8.76. The summed E-state index contributed by atoms with van der Waals surface area (Å²) >= 11 is 7.59. The van der Waals surface area contributed by atoms with Crippen LogP contribution in [-0.2, 0) is 0 Å². The van der Waals surface area contributed by atoms with Gasteiger partial charge in [0, 0.05) is 16.1 Å². The van der Waals surface area contributed by atoms with E-state index in [0.717, 1.165) is 27.1 Å². The van der Waals surface area contributed by atoms with Crippen molar-refractivity contribution < 1.29 is 4.79 Å². The predicted octanol–water partition coefficient (Wildman–Crippen LogP) is 4.43. The van der Waals surface area contributed by atoms with Gasteiger partial charge in [0.1, 0.15) is 11.3 Å². The summed E-state index contributed by atoms with van der Waals surface area (Å²) in [5, 5.41) is 1.43. The minimum absolute atomic E-state index is 0.550. The van der Waals surface area contributed by atoms with Crippen LogP contribution in [0.3, 0.4) is 0 Å². The lowest BCUT2D eigenvalue weighted by Crippen LogP contribution is -1.83. The molecule has 88 valence electrons. The molecule has 3 aromatic rings. The summed E-state index contributed by atoms with van der Waals surface area (Å²) in [5.74, 6) is 0. The highest BCUT2D eigenvalue weighted by Gasteiger charge is 2.07. The SMILES string of the molecule is O=Cc1cc(Cl)cc(-c2nc3ccccc3s2)c1. The summed E-state index contributed by atoms with van der Waals surface area (Å²) in [4.78, 5) is 15.4. The van der Waals surface area contributed by atoms with E-state index >= 15 is 0 Å². The van der Waals surface area contributed by atoms with E-state index < -0.39 is 0 Å². The molecule has 0 aliphatic rings. The van der Waals surface area contributed by atoms with Crippen LogP contribution in [0.1, 0.15) is 10.4 Å². The Balaban J connectivity index is 2.19. The molecule has 0 aliphatic heterocycles. The second kappa shape index (κ2) is 4.52. The summed E-state index contributed by atoms with van der Waals surface area (Å²) in [7, 11) is 0. The molecule has 4 heteroatoms. The zero-order valence-electron chi connectivity index (χ0n) is 9.26. The Labute approximate surface area is 113 Å². The second-order valence-electron chi connectivity index (χ2n) is 3.88. The molecule has 0 N–H and O–H groups in total. The first-order valence-corrected chi connectivity index (χ1v) is 6.57. The number of fused-ring (bicyclic) bond motifs is 1. The molecule has 0 unspecified atom stereocenters. The lowest BCUT2D eigenvalue weighted by atomic mass is 10.1. The molecule has 2 aromatic carbocycles. The van der Waals surface area contributed by atoms with Crippen molar-refractivity contribution in [2.45, 2.75) is 0 Å². The number of carbonyl (C=O) groups excluding carboxylic acids is 1. The highest BCUT2D eigenvalue weighted by Crippen LogP contribution is 2.31. The average Bonchev–Trinajstić information content (AvgIpc) is 2.81. The number of thiazole rings is 1. The topological polar surface area (TPSA) is 30.0 Å². The fourth-order valence-electron chi connectivity index (χ4n) is 1.80. The highest BCUT2D eigenvalue weighted by atomic mass is 35.5. The molecule has 1 heterocycles. The summed E-state index contributed by atoms with van der Waals surface area (Å²) in [6.07, 6.45) is 0.794. The number of halogens is 1. The minimum Gasteiger partial charge on any atom is -0.298 e. The van der Waals surface area contributed by atoms with Crippen molar-refractivity contribution in [2.24, 2.45) is 0 Å². The molecule has 0 saturated carbocycles. The van der Waals surface area contributed by atoms with Crippen LogP contribution in [0.4, 0.5) is 0 Å². The van der Waals surface area contributed by atoms with Crippen LogP contribution in [-0.4, -0.2) is 11.3 Å². The minimum atomic E-state index is 0.550. The molecule has 0 atom stereocenters. The summed E-state index contributed by atoms with van der Waals surface area (Å²) < 4.78 is 1.13. The van der Waals surface area contributed by atoms with E-state index in [9.17, 15) is 4.79 Å². The predicted molar refractivity (Wildman–Crippen MR) is 75.5 cm³/mol. The van der Waals surface area contributed by atoms with Crippen LogP contribution in [0.5, 0.6) is 0 Å². The van der Waals surface area contributed by atoms with Gasteiger partial charge in [-0.2, -0.15) is 0 Å². The van der Waals surface area contributed by atoms with Gasteiger partial charge in [0.25, 0.3) is 0 Å². The number of hydrogen-bond donors (Lipinski definition) is 0. The monoisotopic (exact) mass is 273 g/mol. The molecule has 1 aromatic heterocycles. The number of benzene rings is 2. The van der Waals surface area contributed by atoms with Crippen molar-refractivity contribution >= 4 is 39.4 Å². The molecule has 3 rings (SSSR count). The van der Waals surface area contributed by atoms with Crippen LogP contribution < -0.4 is 0 Å². The lowest BCUT2D eigenvalue weighted by molar-refractivity contribution is 0.112. The molecule has 0 amide bonds. The normalized spacial score (nSPS) is 10.7. The van der Waals surface area contributed by atoms with Crippen LogP contribution in [0.15, 0.2) is 42.5 Å². The maximum atomic E-state index is 10.8. The molecular formula is C14H8ClNOS. The number of para-hydroxylation sites is 1. The van der Waals surface area contributed by atoms with Crippen molar-refractivity contribution in [1.29, 1.82) is 0 Å². The number of aldehydes is 1. The van der Waals surface area contributed by atoms with E-state index in [1.54, 1.807) is 23.5 Å². The van der Waals surface area contributed by atoms with Crippen molar-refractivity contribution in [2.75, 3.05) is 0 Å². The van der Waals surface area contributed by atoms with E-state index in [1.165, 1.54) is 0 Å². The maximum Gasteiger partial charge on any atom is 0.150 e. The largest absolute Gasteiger partial charge is 0.298 e. The second-order valence-corrected chi connectivity index (χ2v) is 5.34. The van der Waals surface area contributed by atoms with Crippen LogP contribution >= 0.6 is 22.9 Å². The molecule has 0 radical (unpaired) electrons. The van der Waals surface area contributed by atoms with Crippen molar-refractivity contribution in [1.82, 2.24) is 4.98 Å². The van der Waals surface area contributed by atoms with Gasteiger partial charge in [0.2, 0.25) is 0 Å². The summed E-state index contributed by atoms with van der Waals surface area (Å²) in [6.45, 7) is 0. The van der Waals surface area contributed by atoms with Gasteiger partial charge >= 0.3 is 0 Å². The van der Waals surface area contributed by atoms with E-state index in [2.05, 4.69) is 4.98 Å². The van der Waals surface area contributed by atoms with Gasteiger partial charge in [-0.3, -0.25) is 4.79 Å². The Bertz CT molecular complexity index is 702. The first kappa shape index (κ1) is 11.4. The zero-order chi connectivity index (χ0) is 12.5. The van der Waals surface area contributed by atoms with Gasteiger partial charge in [0.15, 0.2) is 0 Å². The molecule has 0 aliphatic carbocycles. The molecule has 0 spiro atoms. The molecule has 0 fully saturated rings. The Hall–Kier alpha value is -1.71. The Morgan fingerprint density at radius 2 is 2.00 bits per heavy atom. The fourth-order valence-corrected chi connectivity index (χ4v) is 3.00. The van der Waals surface area contributed by atoms with E-state index in [-0.39, 0.29) is 0 Å². The van der Waals surface area contributed by atoms with E-state index in [1.807, 2.05) is 30.3 Å². The average molecular weight is 274 g/mol. The Morgan fingerprint density at radius 1 is 1.17 bits per heavy atom. The summed E-state index contributed by atoms with van der Waals surface area (Å²) in [5.41, 5.74) is 2.41. The highest BCUT2D eigenvalue weighted by molar-refractivity contribution is 7.21. The third kappa shape index (κ3) is 2.03. The van der Waals surface area contributed by atoms with Crippen LogP contribution in [0.25, 0.3) is 20.8 Å².